The Labute approximate surface area is 345 Å². The van der Waals surface area contributed by atoms with Crippen LogP contribution in [0.2, 0.25) is 0 Å². The first-order chi connectivity index (χ1) is 22.5. The first-order valence-electron chi connectivity index (χ1n) is 16.7. The summed E-state index contributed by atoms with van der Waals surface area (Å²) >= 11 is 0. The summed E-state index contributed by atoms with van der Waals surface area (Å²) < 4.78 is 0. The van der Waals surface area contributed by atoms with Crippen LogP contribution in [0.5, 0.6) is 0 Å². The standard InChI is InChI=1S/2C12H20N2O2.6C2H5O.2Ti/c2*1-10(2,3)8-7-13-12(14-8,9(15)16)11(4,5)6;6*1-2-3;;/h2*7H,1-6H3,(H,15,16);6*2H2,1H3;;/q;;6*-1;2*+4/p-2. The van der Waals surface area contributed by atoms with E-state index in [0.717, 1.165) is 0 Å². The van der Waals surface area contributed by atoms with Crippen molar-refractivity contribution in [2.75, 3.05) is 39.6 Å². The Kier molecular flexibility index (Phi) is 45.4. The third-order valence-electron chi connectivity index (χ3n) is 5.51. The van der Waals surface area contributed by atoms with Crippen LogP contribution in [0.25, 0.3) is 0 Å². The Morgan fingerprint density at radius 2 is 0.635 bits per heavy atom. The molecule has 2 aliphatic heterocycles. The number of carbonyl (C=O) groups is 2. The van der Waals surface area contributed by atoms with Gasteiger partial charge in [-0.25, -0.2) is 0 Å². The molecule has 14 nitrogen and oxygen atoms in total. The van der Waals surface area contributed by atoms with Gasteiger partial charge in [0.05, 0.1) is 23.4 Å². The van der Waals surface area contributed by atoms with Crippen molar-refractivity contribution in [3.8, 4) is 0 Å². The van der Waals surface area contributed by atoms with Crippen LogP contribution in [0.4, 0.5) is 0 Å². The molecule has 16 heteroatoms. The van der Waals surface area contributed by atoms with Gasteiger partial charge in [-0.15, -0.1) is 39.6 Å². The van der Waals surface area contributed by atoms with Crippen LogP contribution in [0.15, 0.2) is 20.0 Å². The molecule has 0 saturated carbocycles. The molecule has 2 rings (SSSR count). The molecule has 0 saturated heterocycles. The van der Waals surface area contributed by atoms with Gasteiger partial charge in [0.2, 0.25) is 0 Å². The van der Waals surface area contributed by atoms with Crippen LogP contribution in [-0.2, 0) is 53.0 Å². The van der Waals surface area contributed by atoms with Crippen molar-refractivity contribution in [3.63, 3.8) is 0 Å². The Hall–Kier alpha value is -1.19. The van der Waals surface area contributed by atoms with Gasteiger partial charge in [-0.1, -0.05) is 125 Å². The second-order valence-electron chi connectivity index (χ2n) is 14.2. The number of carbonyl (C=O) groups excluding carboxylic acids is 2. The molecule has 2 atom stereocenters. The first kappa shape index (κ1) is 68.8. The van der Waals surface area contributed by atoms with Crippen LogP contribution < -0.4 is 40.9 Å². The SMILES string of the molecule is CC(C)(C)C1=NC(C(=O)[O-])(C(C)(C)C)N=C1.CC(C)(C)C1=NC(C(=O)[O-])(C(C)(C)C)N=C1.CC[O-].CC[O-].CC[O-].CC[O-].CC[O-].CC[O-].[Ti+4].[Ti+4]. The molecule has 0 aromatic heterocycles. The minimum Gasteiger partial charge on any atom is -0.855 e. The number of nitrogens with zero attached hydrogens (tertiary/aromatic N) is 4. The van der Waals surface area contributed by atoms with E-state index < -0.39 is 34.1 Å². The zero-order valence-electron chi connectivity index (χ0n) is 35.3. The summed E-state index contributed by atoms with van der Waals surface area (Å²) in [6.07, 6.45) is 3.11. The van der Waals surface area contributed by atoms with E-state index in [1.807, 2.05) is 41.5 Å². The number of hydrogen-bond acceptors (Lipinski definition) is 14. The van der Waals surface area contributed by atoms with Crippen LogP contribution >= 0.6 is 0 Å². The largest absolute Gasteiger partial charge is 4.00 e. The summed E-state index contributed by atoms with van der Waals surface area (Å²) in [5, 5.41) is 76.2. The number of rotatable bonds is 2. The molecule has 0 aliphatic carbocycles. The van der Waals surface area contributed by atoms with E-state index in [0.29, 0.717) is 11.4 Å². The summed E-state index contributed by atoms with van der Waals surface area (Å²) in [4.78, 5) is 39.4. The minimum atomic E-state index is -1.48. The molecule has 0 radical (unpaired) electrons. The summed E-state index contributed by atoms with van der Waals surface area (Å²) in [7, 11) is 0. The van der Waals surface area contributed by atoms with Crippen LogP contribution in [0.1, 0.15) is 125 Å². The molecule has 0 spiro atoms. The Balaban J connectivity index is -0.0000000831. The molecule has 0 aromatic carbocycles. The molecule has 2 heterocycles. The summed E-state index contributed by atoms with van der Waals surface area (Å²) in [5.74, 6) is -2.48. The van der Waals surface area contributed by atoms with Gasteiger partial charge in [0.1, 0.15) is 0 Å². The normalized spacial score (nSPS) is 17.9. The molecule has 0 N–H and O–H groups in total. The van der Waals surface area contributed by atoms with Crippen LogP contribution in [0, 0.1) is 21.7 Å². The molecule has 300 valence electrons. The van der Waals surface area contributed by atoms with Gasteiger partial charge in [-0.05, 0) is 0 Å². The fourth-order valence-corrected chi connectivity index (χ4v) is 3.03. The number of carboxylic acid groups (broad SMARTS) is 2. The summed E-state index contributed by atoms with van der Waals surface area (Å²) in [6, 6.07) is 0. The molecule has 2 unspecified atom stereocenters. The zero-order valence-corrected chi connectivity index (χ0v) is 38.4. The van der Waals surface area contributed by atoms with Crippen molar-refractivity contribution in [1.29, 1.82) is 0 Å². The quantitative estimate of drug-likeness (QED) is 0.285. The second kappa shape index (κ2) is 34.3. The topological polar surface area (TPSA) is 268 Å². The van der Waals surface area contributed by atoms with Crippen molar-refractivity contribution < 1.29 is 93.9 Å². The summed E-state index contributed by atoms with van der Waals surface area (Å²) in [5.41, 5.74) is -3.16. The van der Waals surface area contributed by atoms with Gasteiger partial charge in [0.15, 0.2) is 11.3 Å². The van der Waals surface area contributed by atoms with Gasteiger partial charge in [0, 0.05) is 34.1 Å². The Morgan fingerprint density at radius 3 is 0.692 bits per heavy atom. The third-order valence-corrected chi connectivity index (χ3v) is 5.51. The van der Waals surface area contributed by atoms with Gasteiger partial charge in [-0.3, -0.25) is 20.0 Å². The molecule has 52 heavy (non-hydrogen) atoms. The first-order valence-corrected chi connectivity index (χ1v) is 16.7. The summed E-state index contributed by atoms with van der Waals surface area (Å²) in [6.45, 7) is 32.1. The molecule has 0 aromatic rings. The van der Waals surface area contributed by atoms with Gasteiger partial charge in [-0.2, -0.15) is 0 Å². The number of carboxylic acids is 2. The molecule has 0 bridgehead atoms. The monoisotopic (exact) mass is 812 g/mol. The smallest absolute Gasteiger partial charge is 0.855 e. The average Bonchev–Trinajstić information content (AvgIpc) is 3.59. The molecule has 2 aliphatic rings. The maximum absolute atomic E-state index is 11.3. The van der Waals surface area contributed by atoms with Gasteiger partial charge < -0.3 is 50.4 Å². The zero-order chi connectivity index (χ0) is 41.8. The second-order valence-corrected chi connectivity index (χ2v) is 14.2. The predicted octanol–water partition coefficient (Wildman–Crippen LogP) is -1.71. The molecular formula is C36H68N4O10Ti2. The van der Waals surface area contributed by atoms with E-state index in [4.69, 9.17) is 30.6 Å². The maximum atomic E-state index is 11.3. The van der Waals surface area contributed by atoms with Crippen molar-refractivity contribution in [2.24, 2.45) is 41.6 Å². The van der Waals surface area contributed by atoms with E-state index in [2.05, 4.69) is 20.0 Å². The molecule has 0 amide bonds. The van der Waals surface area contributed by atoms with Gasteiger partial charge >= 0.3 is 43.4 Å². The van der Waals surface area contributed by atoms with Gasteiger partial charge in [0.25, 0.3) is 0 Å². The number of aliphatic carboxylic acids is 2. The van der Waals surface area contributed by atoms with Crippen molar-refractivity contribution in [1.82, 2.24) is 0 Å². The van der Waals surface area contributed by atoms with Crippen LogP contribution in [0.3, 0.4) is 0 Å². The fourth-order valence-electron chi connectivity index (χ4n) is 3.03. The van der Waals surface area contributed by atoms with E-state index in [1.165, 1.54) is 0 Å². The van der Waals surface area contributed by atoms with E-state index >= 15 is 0 Å². The van der Waals surface area contributed by atoms with Crippen molar-refractivity contribution in [2.45, 2.75) is 136 Å². The number of hydrogen-bond donors (Lipinski definition) is 0. The van der Waals surface area contributed by atoms with Crippen molar-refractivity contribution >= 4 is 35.8 Å². The van der Waals surface area contributed by atoms with E-state index in [-0.39, 0.29) is 93.9 Å². The van der Waals surface area contributed by atoms with E-state index in [1.54, 1.807) is 95.5 Å². The molecule has 0 fully saturated rings. The fraction of sp³-hybridized carbons (Fsp3) is 0.833. The van der Waals surface area contributed by atoms with Crippen molar-refractivity contribution in [3.05, 3.63) is 0 Å². The molecular weight excluding hydrogens is 744 g/mol. The minimum absolute atomic E-state index is 0. The Bertz CT molecular complexity index is 923. The Morgan fingerprint density at radius 1 is 0.481 bits per heavy atom. The van der Waals surface area contributed by atoms with Crippen LogP contribution in [-0.4, -0.2) is 86.8 Å². The third kappa shape index (κ3) is 28.3. The predicted molar refractivity (Wildman–Crippen MR) is 188 cm³/mol. The van der Waals surface area contributed by atoms with E-state index in [9.17, 15) is 19.8 Å². The average molecular weight is 813 g/mol. The maximum Gasteiger partial charge on any atom is 4.00 e. The number of aliphatic imine (C=N–C) groups is 4.